The van der Waals surface area contributed by atoms with E-state index < -0.39 is 12.0 Å². The smallest absolute Gasteiger partial charge is 0.427 e. The Kier molecular flexibility index (Phi) is 4.04. The maximum absolute atomic E-state index is 12.4. The summed E-state index contributed by atoms with van der Waals surface area (Å²) in [5.74, 6) is 0.146. The summed E-state index contributed by atoms with van der Waals surface area (Å²) in [6.07, 6.45) is 0.771. The molecule has 1 aliphatic rings. The molecule has 116 valence electrons. The number of rotatable bonds is 3. The fraction of sp³-hybridized carbons (Fsp3) is 0.0588. The molecule has 0 atom stereocenters. The second-order valence-electron chi connectivity index (χ2n) is 4.77. The third kappa shape index (κ3) is 3.05. The van der Waals surface area contributed by atoms with Crippen LogP contribution >= 0.6 is 11.6 Å². The van der Waals surface area contributed by atoms with E-state index in [-0.39, 0.29) is 5.76 Å². The largest absolute Gasteiger partial charge is 0.497 e. The number of hydrogen-bond donors (Lipinski definition) is 0. The van der Waals surface area contributed by atoms with E-state index in [0.29, 0.717) is 16.5 Å². The van der Waals surface area contributed by atoms with Crippen molar-refractivity contribution in [1.82, 2.24) is 0 Å². The number of halogens is 1. The molecule has 1 saturated heterocycles. The Balaban J connectivity index is 1.88. The molecule has 0 unspecified atom stereocenters. The minimum absolute atomic E-state index is 0.0323. The lowest BCUT2D eigenvalue weighted by molar-refractivity contribution is -0.114. The third-order valence-corrected chi connectivity index (χ3v) is 3.54. The van der Waals surface area contributed by atoms with Crippen molar-refractivity contribution in [3.63, 3.8) is 0 Å². The van der Waals surface area contributed by atoms with Crippen molar-refractivity contribution >= 4 is 35.4 Å². The minimum Gasteiger partial charge on any atom is -0.497 e. The molecule has 0 radical (unpaired) electrons. The van der Waals surface area contributed by atoms with Gasteiger partial charge in [-0.15, -0.1) is 0 Å². The highest BCUT2D eigenvalue weighted by Gasteiger charge is 2.37. The molecule has 6 heteroatoms. The van der Waals surface area contributed by atoms with Crippen LogP contribution in [-0.2, 0) is 9.53 Å². The van der Waals surface area contributed by atoms with Gasteiger partial charge in [0.1, 0.15) is 5.75 Å². The molecule has 5 nitrogen and oxygen atoms in total. The number of methoxy groups -OCH3 is 1. The number of ether oxygens (including phenoxy) is 2. The van der Waals surface area contributed by atoms with Crippen molar-refractivity contribution in [3.8, 4) is 5.75 Å². The van der Waals surface area contributed by atoms with Crippen LogP contribution in [0, 0.1) is 0 Å². The molecule has 1 aliphatic heterocycles. The van der Waals surface area contributed by atoms with Crippen LogP contribution < -0.4 is 9.64 Å². The zero-order chi connectivity index (χ0) is 16.4. The molecular formula is C17H12ClNO4. The fourth-order valence-electron chi connectivity index (χ4n) is 2.13. The van der Waals surface area contributed by atoms with Crippen LogP contribution in [0.4, 0.5) is 10.5 Å². The van der Waals surface area contributed by atoms with E-state index in [9.17, 15) is 9.59 Å². The first kappa shape index (κ1) is 15.1. The van der Waals surface area contributed by atoms with Crippen molar-refractivity contribution in [2.24, 2.45) is 0 Å². The lowest BCUT2D eigenvalue weighted by atomic mass is 10.2. The summed E-state index contributed by atoms with van der Waals surface area (Å²) in [7, 11) is 1.57. The first-order valence-corrected chi connectivity index (χ1v) is 7.14. The zero-order valence-electron chi connectivity index (χ0n) is 12.2. The summed E-state index contributed by atoms with van der Waals surface area (Å²) in [6, 6.07) is 13.4. The molecule has 23 heavy (non-hydrogen) atoms. The van der Waals surface area contributed by atoms with Crippen molar-refractivity contribution in [2.75, 3.05) is 12.0 Å². The van der Waals surface area contributed by atoms with Gasteiger partial charge in [0.05, 0.1) is 12.8 Å². The van der Waals surface area contributed by atoms with Gasteiger partial charge in [-0.2, -0.15) is 0 Å². The first-order valence-electron chi connectivity index (χ1n) is 6.76. The SMILES string of the molecule is COc1ccc(/C=C2/OC(=O)N(c3ccc(Cl)cc3)C2=O)cc1. The number of anilines is 1. The standard InChI is InChI=1S/C17H12ClNO4/c1-22-14-8-2-11(3-9-14)10-15-16(20)19(17(21)23-15)13-6-4-12(18)5-7-13/h2-10H,1H3/b15-10+. The maximum Gasteiger partial charge on any atom is 0.427 e. The zero-order valence-corrected chi connectivity index (χ0v) is 12.9. The highest BCUT2D eigenvalue weighted by molar-refractivity contribution is 6.31. The van der Waals surface area contributed by atoms with Gasteiger partial charge in [0, 0.05) is 5.02 Å². The minimum atomic E-state index is -0.739. The number of cyclic esters (lactones) is 1. The lowest BCUT2D eigenvalue weighted by Gasteiger charge is -2.09. The number of amides is 2. The molecule has 2 amide bonds. The van der Waals surface area contributed by atoms with Gasteiger partial charge in [-0.25, -0.2) is 9.69 Å². The average molecular weight is 330 g/mol. The molecule has 0 N–H and O–H groups in total. The van der Waals surface area contributed by atoms with Crippen LogP contribution in [0.5, 0.6) is 5.75 Å². The summed E-state index contributed by atoms with van der Waals surface area (Å²) in [5, 5.41) is 0.516. The van der Waals surface area contributed by atoms with E-state index in [4.69, 9.17) is 21.1 Å². The van der Waals surface area contributed by atoms with E-state index in [2.05, 4.69) is 0 Å². The van der Waals surface area contributed by atoms with Gasteiger partial charge in [-0.3, -0.25) is 4.79 Å². The van der Waals surface area contributed by atoms with E-state index in [1.54, 1.807) is 55.6 Å². The Bertz CT molecular complexity index is 781. The number of carbonyl (C=O) groups is 2. The number of hydrogen-bond acceptors (Lipinski definition) is 4. The van der Waals surface area contributed by atoms with Crippen LogP contribution in [0.2, 0.25) is 5.02 Å². The van der Waals surface area contributed by atoms with E-state index in [1.807, 2.05) is 0 Å². The summed E-state index contributed by atoms with van der Waals surface area (Å²) in [4.78, 5) is 25.3. The average Bonchev–Trinajstić information content (AvgIpc) is 2.83. The Morgan fingerprint density at radius 1 is 1.04 bits per heavy atom. The van der Waals surface area contributed by atoms with Gasteiger partial charge in [0.15, 0.2) is 5.76 Å². The molecule has 1 heterocycles. The molecule has 0 spiro atoms. The highest BCUT2D eigenvalue weighted by atomic mass is 35.5. The fourth-order valence-corrected chi connectivity index (χ4v) is 2.26. The number of nitrogens with zero attached hydrogens (tertiary/aromatic N) is 1. The third-order valence-electron chi connectivity index (χ3n) is 3.29. The van der Waals surface area contributed by atoms with Gasteiger partial charge in [0.2, 0.25) is 0 Å². The molecule has 3 rings (SSSR count). The van der Waals surface area contributed by atoms with E-state index >= 15 is 0 Å². The molecular weight excluding hydrogens is 318 g/mol. The Morgan fingerprint density at radius 3 is 2.30 bits per heavy atom. The van der Waals surface area contributed by atoms with Crippen molar-refractivity contribution < 1.29 is 19.1 Å². The lowest BCUT2D eigenvalue weighted by Crippen LogP contribution is -2.28. The first-order chi connectivity index (χ1) is 11.1. The molecule has 0 saturated carbocycles. The summed E-state index contributed by atoms with van der Waals surface area (Å²) in [6.45, 7) is 0. The molecule has 0 bridgehead atoms. The number of benzene rings is 2. The quantitative estimate of drug-likeness (QED) is 0.802. The van der Waals surface area contributed by atoms with E-state index in [0.717, 1.165) is 10.5 Å². The van der Waals surface area contributed by atoms with Crippen molar-refractivity contribution in [3.05, 3.63) is 64.9 Å². The normalized spacial score (nSPS) is 15.9. The highest BCUT2D eigenvalue weighted by Crippen LogP contribution is 2.27. The van der Waals surface area contributed by atoms with Gasteiger partial charge >= 0.3 is 12.0 Å². The summed E-state index contributed by atoms with van der Waals surface area (Å²) in [5.41, 5.74) is 1.13. The maximum atomic E-state index is 12.4. The number of carbonyl (C=O) groups excluding carboxylic acids is 2. The molecule has 0 aromatic heterocycles. The summed E-state index contributed by atoms with van der Waals surface area (Å²) < 4.78 is 10.1. The Hall–Kier alpha value is -2.79. The molecule has 2 aromatic rings. The Morgan fingerprint density at radius 2 is 1.70 bits per heavy atom. The van der Waals surface area contributed by atoms with Crippen LogP contribution in [0.1, 0.15) is 5.56 Å². The van der Waals surface area contributed by atoms with Gasteiger partial charge in [0.25, 0.3) is 0 Å². The van der Waals surface area contributed by atoms with Crippen LogP contribution in [0.25, 0.3) is 6.08 Å². The molecule has 2 aromatic carbocycles. The van der Waals surface area contributed by atoms with Gasteiger partial charge < -0.3 is 9.47 Å². The second kappa shape index (κ2) is 6.14. The van der Waals surface area contributed by atoms with Crippen LogP contribution in [0.3, 0.4) is 0 Å². The predicted molar refractivity (Wildman–Crippen MR) is 86.4 cm³/mol. The van der Waals surface area contributed by atoms with E-state index in [1.165, 1.54) is 6.08 Å². The van der Waals surface area contributed by atoms with Crippen molar-refractivity contribution in [1.29, 1.82) is 0 Å². The Labute approximate surface area is 137 Å². The molecule has 1 fully saturated rings. The number of imide groups is 1. The second-order valence-corrected chi connectivity index (χ2v) is 5.20. The van der Waals surface area contributed by atoms with Crippen LogP contribution in [-0.4, -0.2) is 19.1 Å². The molecule has 0 aliphatic carbocycles. The predicted octanol–water partition coefficient (Wildman–Crippen LogP) is 3.87. The van der Waals surface area contributed by atoms with Gasteiger partial charge in [-0.1, -0.05) is 23.7 Å². The van der Waals surface area contributed by atoms with Crippen LogP contribution in [0.15, 0.2) is 54.3 Å². The summed E-state index contributed by atoms with van der Waals surface area (Å²) >= 11 is 5.81. The van der Waals surface area contributed by atoms with Gasteiger partial charge in [-0.05, 0) is 48.0 Å². The van der Waals surface area contributed by atoms with Crippen molar-refractivity contribution in [2.45, 2.75) is 0 Å². The topological polar surface area (TPSA) is 55.8 Å². The monoisotopic (exact) mass is 329 g/mol.